The van der Waals surface area contributed by atoms with Crippen LogP contribution in [-0.2, 0) is 6.54 Å². The van der Waals surface area contributed by atoms with Gasteiger partial charge in [0.2, 0.25) is 0 Å². The summed E-state index contributed by atoms with van der Waals surface area (Å²) in [6.45, 7) is 5.08. The van der Waals surface area contributed by atoms with E-state index in [0.717, 1.165) is 17.9 Å². The fourth-order valence-electron chi connectivity index (χ4n) is 1.84. The van der Waals surface area contributed by atoms with Crippen LogP contribution in [0.3, 0.4) is 0 Å². The van der Waals surface area contributed by atoms with E-state index in [1.807, 2.05) is 13.2 Å². The third-order valence-electron chi connectivity index (χ3n) is 2.59. The molecule has 0 unspecified atom stereocenters. The maximum absolute atomic E-state index is 6.14. The van der Waals surface area contributed by atoms with Crippen molar-refractivity contribution < 1.29 is 0 Å². The predicted molar refractivity (Wildman–Crippen MR) is 67.1 cm³/mol. The maximum atomic E-state index is 6.14. The third-order valence-corrected chi connectivity index (χ3v) is 2.87. The molecular formula is C12H16ClN3. The van der Waals surface area contributed by atoms with Gasteiger partial charge in [-0.05, 0) is 24.7 Å². The average molecular weight is 238 g/mol. The van der Waals surface area contributed by atoms with E-state index in [0.29, 0.717) is 11.1 Å². The summed E-state index contributed by atoms with van der Waals surface area (Å²) >= 11 is 6.14. The molecule has 2 aromatic heterocycles. The van der Waals surface area contributed by atoms with Crippen molar-refractivity contribution in [3.05, 3.63) is 34.9 Å². The first-order valence-electron chi connectivity index (χ1n) is 5.44. The van der Waals surface area contributed by atoms with Crippen LogP contribution in [0.2, 0.25) is 5.15 Å². The van der Waals surface area contributed by atoms with Crippen LogP contribution >= 0.6 is 11.6 Å². The summed E-state index contributed by atoms with van der Waals surface area (Å²) in [5, 5.41) is 3.71. The van der Waals surface area contributed by atoms with E-state index in [4.69, 9.17) is 11.6 Å². The molecule has 86 valence electrons. The van der Waals surface area contributed by atoms with Crippen molar-refractivity contribution in [2.45, 2.75) is 26.3 Å². The van der Waals surface area contributed by atoms with Gasteiger partial charge in [-0.1, -0.05) is 25.4 Å². The van der Waals surface area contributed by atoms with Crippen molar-refractivity contribution in [2.24, 2.45) is 0 Å². The van der Waals surface area contributed by atoms with Gasteiger partial charge in [-0.15, -0.1) is 0 Å². The molecule has 0 radical (unpaired) electrons. The van der Waals surface area contributed by atoms with Crippen LogP contribution in [0.15, 0.2) is 18.3 Å². The van der Waals surface area contributed by atoms with E-state index >= 15 is 0 Å². The van der Waals surface area contributed by atoms with Crippen molar-refractivity contribution in [3.63, 3.8) is 0 Å². The van der Waals surface area contributed by atoms with E-state index in [1.54, 1.807) is 0 Å². The number of nitrogens with zero attached hydrogens (tertiary/aromatic N) is 2. The zero-order chi connectivity index (χ0) is 11.7. The number of hydrogen-bond donors (Lipinski definition) is 1. The maximum Gasteiger partial charge on any atom is 0.155 e. The van der Waals surface area contributed by atoms with E-state index < -0.39 is 0 Å². The molecule has 3 nitrogen and oxygen atoms in total. The van der Waals surface area contributed by atoms with Crippen LogP contribution < -0.4 is 5.32 Å². The van der Waals surface area contributed by atoms with Gasteiger partial charge in [0.1, 0.15) is 5.82 Å². The van der Waals surface area contributed by atoms with E-state index in [9.17, 15) is 0 Å². The first kappa shape index (κ1) is 11.4. The molecule has 2 heterocycles. The van der Waals surface area contributed by atoms with Gasteiger partial charge < -0.3 is 9.72 Å². The molecule has 0 bridgehead atoms. The molecule has 0 atom stereocenters. The van der Waals surface area contributed by atoms with Gasteiger partial charge >= 0.3 is 0 Å². The highest BCUT2D eigenvalue weighted by Crippen LogP contribution is 2.23. The summed E-state index contributed by atoms with van der Waals surface area (Å²) in [6, 6.07) is 4.17. The summed E-state index contributed by atoms with van der Waals surface area (Å²) in [5.74, 6) is 1.38. The molecule has 4 heteroatoms. The second kappa shape index (κ2) is 4.44. The van der Waals surface area contributed by atoms with Crippen molar-refractivity contribution in [1.29, 1.82) is 0 Å². The van der Waals surface area contributed by atoms with Crippen LogP contribution in [0.25, 0.3) is 5.52 Å². The fourth-order valence-corrected chi connectivity index (χ4v) is 2.07. The summed E-state index contributed by atoms with van der Waals surface area (Å²) in [5.41, 5.74) is 2.20. The zero-order valence-electron chi connectivity index (χ0n) is 9.79. The summed E-state index contributed by atoms with van der Waals surface area (Å²) < 4.78 is 2.06. The highest BCUT2D eigenvalue weighted by molar-refractivity contribution is 6.32. The molecule has 16 heavy (non-hydrogen) atoms. The van der Waals surface area contributed by atoms with Crippen LogP contribution in [0, 0.1) is 0 Å². The Hall–Kier alpha value is -1.06. The molecular weight excluding hydrogens is 222 g/mol. The zero-order valence-corrected chi connectivity index (χ0v) is 10.5. The molecule has 0 saturated heterocycles. The van der Waals surface area contributed by atoms with Crippen molar-refractivity contribution >= 4 is 17.1 Å². The van der Waals surface area contributed by atoms with Gasteiger partial charge in [0.25, 0.3) is 0 Å². The first-order valence-corrected chi connectivity index (χ1v) is 5.82. The number of rotatable bonds is 3. The number of hydrogen-bond acceptors (Lipinski definition) is 2. The Morgan fingerprint density at radius 3 is 2.88 bits per heavy atom. The Morgan fingerprint density at radius 2 is 2.25 bits per heavy atom. The minimum Gasteiger partial charge on any atom is -0.316 e. The van der Waals surface area contributed by atoms with Crippen LogP contribution in [0.4, 0.5) is 0 Å². The number of nitrogens with one attached hydrogen (secondary N) is 1. The Morgan fingerprint density at radius 1 is 1.50 bits per heavy atom. The van der Waals surface area contributed by atoms with Gasteiger partial charge in [0.15, 0.2) is 5.15 Å². The summed E-state index contributed by atoms with van der Waals surface area (Å²) in [7, 11) is 1.93. The topological polar surface area (TPSA) is 29.3 Å². The molecule has 0 aromatic carbocycles. The van der Waals surface area contributed by atoms with Crippen LogP contribution in [0.5, 0.6) is 0 Å². The minimum atomic E-state index is 0.371. The molecule has 2 aromatic rings. The van der Waals surface area contributed by atoms with Crippen molar-refractivity contribution in [3.8, 4) is 0 Å². The fraction of sp³-hybridized carbons (Fsp3) is 0.417. The smallest absolute Gasteiger partial charge is 0.155 e. The lowest BCUT2D eigenvalue weighted by Crippen LogP contribution is -2.05. The van der Waals surface area contributed by atoms with Gasteiger partial charge in [0, 0.05) is 18.7 Å². The number of imidazole rings is 1. The van der Waals surface area contributed by atoms with Gasteiger partial charge in [-0.2, -0.15) is 0 Å². The Bertz CT molecular complexity index is 502. The summed E-state index contributed by atoms with van der Waals surface area (Å²) in [4.78, 5) is 4.40. The molecule has 0 amide bonds. The standard InChI is InChI=1S/C12H16ClN3/c1-8(2)12-15-11(13)10-6-9(7-14-3)4-5-16(10)12/h4-6,8,14H,7H2,1-3H3. The lowest BCUT2D eigenvalue weighted by atomic mass is 10.2. The van der Waals surface area contributed by atoms with Crippen molar-refractivity contribution in [1.82, 2.24) is 14.7 Å². The minimum absolute atomic E-state index is 0.371. The third kappa shape index (κ3) is 1.93. The quantitative estimate of drug-likeness (QED) is 0.890. The molecule has 2 rings (SSSR count). The monoisotopic (exact) mass is 237 g/mol. The van der Waals surface area contributed by atoms with Gasteiger partial charge in [0.05, 0.1) is 5.52 Å². The first-order chi connectivity index (χ1) is 7.63. The van der Waals surface area contributed by atoms with Crippen LogP contribution in [0.1, 0.15) is 31.2 Å². The highest BCUT2D eigenvalue weighted by atomic mass is 35.5. The SMILES string of the molecule is CNCc1ccn2c(C(C)C)nc(Cl)c2c1. The molecule has 0 aliphatic rings. The number of halogens is 1. The number of aromatic nitrogens is 2. The molecule has 1 N–H and O–H groups in total. The largest absolute Gasteiger partial charge is 0.316 e. The summed E-state index contributed by atoms with van der Waals surface area (Å²) in [6.07, 6.45) is 2.04. The normalized spacial score (nSPS) is 11.6. The van der Waals surface area contributed by atoms with E-state index in [1.165, 1.54) is 5.56 Å². The van der Waals surface area contributed by atoms with Gasteiger partial charge in [-0.3, -0.25) is 0 Å². The average Bonchev–Trinajstić information content (AvgIpc) is 2.57. The Balaban J connectivity index is 2.57. The number of pyridine rings is 1. The van der Waals surface area contributed by atoms with Crippen molar-refractivity contribution in [2.75, 3.05) is 7.05 Å². The predicted octanol–water partition coefficient (Wildman–Crippen LogP) is 2.83. The van der Waals surface area contributed by atoms with Crippen LogP contribution in [-0.4, -0.2) is 16.4 Å². The van der Waals surface area contributed by atoms with E-state index in [2.05, 4.69) is 40.7 Å². The molecule has 0 saturated carbocycles. The molecule has 0 aliphatic heterocycles. The highest BCUT2D eigenvalue weighted by Gasteiger charge is 2.12. The second-order valence-electron chi connectivity index (χ2n) is 4.24. The second-order valence-corrected chi connectivity index (χ2v) is 4.59. The molecule has 0 aliphatic carbocycles. The van der Waals surface area contributed by atoms with E-state index in [-0.39, 0.29) is 0 Å². The Labute approximate surface area is 100 Å². The molecule has 0 fully saturated rings. The lowest BCUT2D eigenvalue weighted by Gasteiger charge is -2.05. The number of fused-ring (bicyclic) bond motifs is 1. The van der Waals surface area contributed by atoms with Gasteiger partial charge in [-0.25, -0.2) is 4.98 Å². The molecule has 0 spiro atoms. The lowest BCUT2D eigenvalue weighted by molar-refractivity contribution is 0.767. The Kier molecular flexibility index (Phi) is 3.17.